The fraction of sp³-hybridized carbons (Fsp3) is 0.217. The quantitative estimate of drug-likeness (QED) is 0.431. The third-order valence-electron chi connectivity index (χ3n) is 4.64. The predicted octanol–water partition coefficient (Wildman–Crippen LogP) is 5.38. The molecular formula is C23H22F3NO4S. The summed E-state index contributed by atoms with van der Waals surface area (Å²) in [4.78, 5) is 0. The molecule has 0 spiro atoms. The van der Waals surface area contributed by atoms with Crippen molar-refractivity contribution in [3.05, 3.63) is 83.9 Å². The van der Waals surface area contributed by atoms with E-state index in [1.54, 1.807) is 17.9 Å². The highest BCUT2D eigenvalue weighted by Crippen LogP contribution is 2.26. The standard InChI is InChI=1S/C23H22F3NO4S/c1-30-22-10-8-19(9-11-22)20-6-2-5-18(14-20)16-31-13-12-17-4-3-7-21(15-17)27-32(28,29)23(24,25)26/h2-11,14-15,27H,12-13,16H2,1H3. The number of rotatable bonds is 9. The number of ether oxygens (including phenoxy) is 2. The van der Waals surface area contributed by atoms with Crippen LogP contribution < -0.4 is 9.46 Å². The second-order valence-corrected chi connectivity index (χ2v) is 8.66. The monoisotopic (exact) mass is 465 g/mol. The molecule has 3 rings (SSSR count). The number of anilines is 1. The summed E-state index contributed by atoms with van der Waals surface area (Å²) in [6.45, 7) is 0.687. The van der Waals surface area contributed by atoms with Crippen molar-refractivity contribution in [1.29, 1.82) is 0 Å². The van der Waals surface area contributed by atoms with Crippen LogP contribution in [0.5, 0.6) is 5.75 Å². The lowest BCUT2D eigenvalue weighted by molar-refractivity contribution is -0.0429. The average molecular weight is 465 g/mol. The van der Waals surface area contributed by atoms with Gasteiger partial charge in [-0.2, -0.15) is 21.6 Å². The van der Waals surface area contributed by atoms with Gasteiger partial charge < -0.3 is 9.47 Å². The van der Waals surface area contributed by atoms with E-state index in [1.807, 2.05) is 48.5 Å². The van der Waals surface area contributed by atoms with Crippen LogP contribution in [-0.4, -0.2) is 27.6 Å². The van der Waals surface area contributed by atoms with Gasteiger partial charge in [0.1, 0.15) is 5.75 Å². The maximum absolute atomic E-state index is 12.5. The van der Waals surface area contributed by atoms with Crippen molar-refractivity contribution in [3.63, 3.8) is 0 Å². The number of sulfonamides is 1. The first-order valence-electron chi connectivity index (χ1n) is 9.67. The zero-order chi connectivity index (χ0) is 23.2. The number of hydrogen-bond acceptors (Lipinski definition) is 4. The molecule has 170 valence electrons. The van der Waals surface area contributed by atoms with Gasteiger partial charge in [0.05, 0.1) is 20.3 Å². The minimum atomic E-state index is -5.45. The Bertz CT molecular complexity index is 1150. The SMILES string of the molecule is COc1ccc(-c2cccc(COCCc3cccc(NS(=O)(=O)C(F)(F)F)c3)c2)cc1. The molecule has 0 aromatic heterocycles. The lowest BCUT2D eigenvalue weighted by atomic mass is 10.0. The molecule has 0 bridgehead atoms. The minimum Gasteiger partial charge on any atom is -0.497 e. The van der Waals surface area contributed by atoms with Crippen LogP contribution in [-0.2, 0) is 27.8 Å². The van der Waals surface area contributed by atoms with Crippen LogP contribution in [0, 0.1) is 0 Å². The fourth-order valence-electron chi connectivity index (χ4n) is 3.01. The van der Waals surface area contributed by atoms with E-state index in [0.29, 0.717) is 25.2 Å². The predicted molar refractivity (Wildman–Crippen MR) is 117 cm³/mol. The van der Waals surface area contributed by atoms with Gasteiger partial charge in [-0.3, -0.25) is 4.72 Å². The number of nitrogens with one attached hydrogen (secondary N) is 1. The first-order chi connectivity index (χ1) is 15.2. The molecule has 32 heavy (non-hydrogen) atoms. The van der Waals surface area contributed by atoms with E-state index in [0.717, 1.165) is 22.4 Å². The van der Waals surface area contributed by atoms with Crippen molar-refractivity contribution in [3.8, 4) is 16.9 Å². The molecule has 0 aliphatic rings. The highest BCUT2D eigenvalue weighted by Gasteiger charge is 2.46. The lowest BCUT2D eigenvalue weighted by Crippen LogP contribution is -2.29. The molecule has 0 heterocycles. The zero-order valence-corrected chi connectivity index (χ0v) is 18.0. The second-order valence-electron chi connectivity index (χ2n) is 6.98. The normalized spacial score (nSPS) is 11.9. The van der Waals surface area contributed by atoms with Gasteiger partial charge in [0.15, 0.2) is 0 Å². The maximum Gasteiger partial charge on any atom is 0.516 e. The van der Waals surface area contributed by atoms with Crippen molar-refractivity contribution >= 4 is 15.7 Å². The van der Waals surface area contributed by atoms with Gasteiger partial charge in [-0.1, -0.05) is 42.5 Å². The molecule has 5 nitrogen and oxygen atoms in total. The molecular weight excluding hydrogens is 443 g/mol. The molecule has 3 aromatic rings. The number of alkyl halides is 3. The summed E-state index contributed by atoms with van der Waals surface area (Å²) in [6.07, 6.45) is 0.416. The molecule has 0 aliphatic heterocycles. The van der Waals surface area contributed by atoms with E-state index >= 15 is 0 Å². The highest BCUT2D eigenvalue weighted by molar-refractivity contribution is 7.93. The molecule has 0 radical (unpaired) electrons. The number of hydrogen-bond donors (Lipinski definition) is 1. The Morgan fingerprint density at radius 1 is 0.875 bits per heavy atom. The Kier molecular flexibility index (Phi) is 7.42. The Morgan fingerprint density at radius 3 is 2.25 bits per heavy atom. The number of halogens is 3. The third-order valence-corrected chi connectivity index (χ3v) is 5.75. The summed E-state index contributed by atoms with van der Waals surface area (Å²) < 4.78 is 72.5. The topological polar surface area (TPSA) is 64.6 Å². The van der Waals surface area contributed by atoms with Crippen LogP contribution in [0.4, 0.5) is 18.9 Å². The van der Waals surface area contributed by atoms with Crippen LogP contribution in [0.1, 0.15) is 11.1 Å². The van der Waals surface area contributed by atoms with E-state index in [-0.39, 0.29) is 5.69 Å². The van der Waals surface area contributed by atoms with Gasteiger partial charge in [-0.25, -0.2) is 0 Å². The van der Waals surface area contributed by atoms with Gasteiger partial charge in [-0.05, 0) is 59.0 Å². The first kappa shape index (κ1) is 23.6. The van der Waals surface area contributed by atoms with E-state index in [9.17, 15) is 21.6 Å². The highest BCUT2D eigenvalue weighted by atomic mass is 32.2. The molecule has 0 atom stereocenters. The lowest BCUT2D eigenvalue weighted by Gasteiger charge is -2.12. The summed E-state index contributed by atoms with van der Waals surface area (Å²) in [5.74, 6) is 0.781. The largest absolute Gasteiger partial charge is 0.516 e. The summed E-state index contributed by atoms with van der Waals surface area (Å²) in [7, 11) is -3.83. The number of methoxy groups -OCH3 is 1. The van der Waals surface area contributed by atoms with Crippen LogP contribution in [0.25, 0.3) is 11.1 Å². The van der Waals surface area contributed by atoms with E-state index in [2.05, 4.69) is 0 Å². The van der Waals surface area contributed by atoms with Gasteiger partial charge in [0.25, 0.3) is 0 Å². The summed E-state index contributed by atoms with van der Waals surface area (Å²) in [5, 5.41) is 0. The molecule has 0 amide bonds. The average Bonchev–Trinajstić information content (AvgIpc) is 2.76. The molecule has 0 saturated heterocycles. The van der Waals surface area contributed by atoms with Crippen LogP contribution in [0.15, 0.2) is 72.8 Å². The van der Waals surface area contributed by atoms with Gasteiger partial charge in [0.2, 0.25) is 0 Å². The fourth-order valence-corrected chi connectivity index (χ4v) is 3.56. The van der Waals surface area contributed by atoms with E-state index in [1.165, 1.54) is 18.2 Å². The van der Waals surface area contributed by atoms with E-state index in [4.69, 9.17) is 9.47 Å². The molecule has 0 aliphatic carbocycles. The molecule has 1 N–H and O–H groups in total. The van der Waals surface area contributed by atoms with Crippen molar-refractivity contribution in [2.45, 2.75) is 18.5 Å². The van der Waals surface area contributed by atoms with Gasteiger partial charge in [-0.15, -0.1) is 0 Å². The Labute approximate surface area is 184 Å². The summed E-state index contributed by atoms with van der Waals surface area (Å²) >= 11 is 0. The van der Waals surface area contributed by atoms with Crippen molar-refractivity contribution in [2.75, 3.05) is 18.4 Å². The Balaban J connectivity index is 1.54. The van der Waals surface area contributed by atoms with Crippen molar-refractivity contribution < 1.29 is 31.1 Å². The minimum absolute atomic E-state index is 0.146. The molecule has 0 saturated carbocycles. The molecule has 0 unspecified atom stereocenters. The van der Waals surface area contributed by atoms with Gasteiger partial charge >= 0.3 is 15.5 Å². The third kappa shape index (κ3) is 6.24. The van der Waals surface area contributed by atoms with Crippen LogP contribution >= 0.6 is 0 Å². The zero-order valence-electron chi connectivity index (χ0n) is 17.2. The summed E-state index contributed by atoms with van der Waals surface area (Å²) in [6, 6.07) is 21.4. The molecule has 9 heteroatoms. The second kappa shape index (κ2) is 10.1. The number of benzene rings is 3. The summed E-state index contributed by atoms with van der Waals surface area (Å²) in [5.41, 5.74) is -1.80. The van der Waals surface area contributed by atoms with Crippen LogP contribution in [0.2, 0.25) is 0 Å². The molecule has 0 fully saturated rings. The van der Waals surface area contributed by atoms with E-state index < -0.39 is 15.5 Å². The Hall–Kier alpha value is -3.04. The first-order valence-corrected chi connectivity index (χ1v) is 11.2. The van der Waals surface area contributed by atoms with Crippen molar-refractivity contribution in [1.82, 2.24) is 0 Å². The smallest absolute Gasteiger partial charge is 0.497 e. The van der Waals surface area contributed by atoms with Gasteiger partial charge in [0, 0.05) is 5.69 Å². The van der Waals surface area contributed by atoms with Crippen LogP contribution in [0.3, 0.4) is 0 Å². The maximum atomic E-state index is 12.5. The Morgan fingerprint density at radius 2 is 1.56 bits per heavy atom. The molecule has 3 aromatic carbocycles. The van der Waals surface area contributed by atoms with Crippen molar-refractivity contribution in [2.24, 2.45) is 0 Å².